The van der Waals surface area contributed by atoms with E-state index in [1.165, 1.54) is 4.68 Å². The van der Waals surface area contributed by atoms with Crippen LogP contribution < -0.4 is 5.32 Å². The minimum Gasteiger partial charge on any atom is -0.349 e. The summed E-state index contributed by atoms with van der Waals surface area (Å²) in [5.41, 5.74) is -1.03. The van der Waals surface area contributed by atoms with Gasteiger partial charge in [0, 0.05) is 11.7 Å². The highest BCUT2D eigenvalue weighted by Crippen LogP contribution is 2.35. The molecule has 152 valence electrons. The molecule has 1 saturated carbocycles. The van der Waals surface area contributed by atoms with Crippen molar-refractivity contribution in [2.45, 2.75) is 76.6 Å². The van der Waals surface area contributed by atoms with Gasteiger partial charge in [0.2, 0.25) is 0 Å². The predicted octanol–water partition coefficient (Wildman–Crippen LogP) is 3.93. The highest BCUT2D eigenvalue weighted by atomic mass is 19.4. The number of rotatable bonds is 3. The summed E-state index contributed by atoms with van der Waals surface area (Å²) in [6.07, 6.45) is 2.73. The highest BCUT2D eigenvalue weighted by Gasteiger charge is 2.42. The lowest BCUT2D eigenvalue weighted by atomic mass is 10.0. The first-order valence-corrected chi connectivity index (χ1v) is 9.93. The van der Waals surface area contributed by atoms with Crippen molar-refractivity contribution in [1.29, 1.82) is 0 Å². The summed E-state index contributed by atoms with van der Waals surface area (Å²) in [6.45, 7) is 3.21. The van der Waals surface area contributed by atoms with Crippen molar-refractivity contribution in [1.82, 2.24) is 20.0 Å². The van der Waals surface area contributed by atoms with Crippen LogP contribution >= 0.6 is 0 Å². The molecular weight excluding hydrogens is 357 g/mol. The number of aromatic nitrogens is 2. The van der Waals surface area contributed by atoms with E-state index in [0.29, 0.717) is 5.69 Å². The molecule has 1 amide bonds. The predicted molar refractivity (Wildman–Crippen MR) is 96.7 cm³/mol. The Kier molecular flexibility index (Phi) is 6.13. The van der Waals surface area contributed by atoms with E-state index in [1.807, 2.05) is 7.05 Å². The molecule has 5 nitrogen and oxygen atoms in total. The van der Waals surface area contributed by atoms with Crippen LogP contribution in [0.3, 0.4) is 0 Å². The quantitative estimate of drug-likeness (QED) is 0.801. The maximum absolute atomic E-state index is 13.6. The summed E-state index contributed by atoms with van der Waals surface area (Å²) in [6, 6.07) is -0.145. The van der Waals surface area contributed by atoms with Gasteiger partial charge in [0.15, 0.2) is 5.69 Å². The van der Waals surface area contributed by atoms with E-state index in [0.717, 1.165) is 64.5 Å². The minimum atomic E-state index is -4.64. The fraction of sp³-hybridized carbons (Fsp3) is 0.789. The third-order valence-corrected chi connectivity index (χ3v) is 5.87. The first kappa shape index (κ1) is 20.2. The number of halogens is 3. The number of alkyl halides is 3. The second-order valence-corrected chi connectivity index (χ2v) is 7.95. The topological polar surface area (TPSA) is 50.2 Å². The molecule has 0 radical (unpaired) electrons. The molecule has 27 heavy (non-hydrogen) atoms. The number of hydrogen-bond donors (Lipinski definition) is 1. The molecule has 0 unspecified atom stereocenters. The number of nitrogens with one attached hydrogen (secondary N) is 1. The van der Waals surface area contributed by atoms with Gasteiger partial charge in [0.1, 0.15) is 0 Å². The Morgan fingerprint density at radius 3 is 2.22 bits per heavy atom. The lowest BCUT2D eigenvalue weighted by Gasteiger charge is -2.29. The molecule has 2 aliphatic rings. The van der Waals surface area contributed by atoms with Crippen LogP contribution in [-0.4, -0.2) is 46.8 Å². The molecule has 8 heteroatoms. The Balaban J connectivity index is 1.87. The Bertz CT molecular complexity index is 655. The lowest BCUT2D eigenvalue weighted by molar-refractivity contribution is -0.142. The van der Waals surface area contributed by atoms with Crippen LogP contribution in [-0.2, 0) is 6.18 Å². The molecule has 1 aromatic rings. The van der Waals surface area contributed by atoms with Gasteiger partial charge < -0.3 is 10.2 Å². The summed E-state index contributed by atoms with van der Waals surface area (Å²) in [5, 5.41) is 6.73. The third kappa shape index (κ3) is 4.65. The van der Waals surface area contributed by atoms with Crippen LogP contribution in [0.2, 0.25) is 0 Å². The summed E-state index contributed by atoms with van der Waals surface area (Å²) < 4.78 is 42.3. The van der Waals surface area contributed by atoms with Crippen LogP contribution in [0.5, 0.6) is 0 Å². The minimum absolute atomic E-state index is 0.0489. The second-order valence-electron chi connectivity index (χ2n) is 7.95. The number of hydrogen-bond acceptors (Lipinski definition) is 3. The van der Waals surface area contributed by atoms with Gasteiger partial charge in [0.25, 0.3) is 5.91 Å². The van der Waals surface area contributed by atoms with Crippen LogP contribution in [0.4, 0.5) is 13.2 Å². The van der Waals surface area contributed by atoms with E-state index >= 15 is 0 Å². The van der Waals surface area contributed by atoms with Gasteiger partial charge >= 0.3 is 6.18 Å². The van der Waals surface area contributed by atoms with E-state index in [-0.39, 0.29) is 17.6 Å². The van der Waals surface area contributed by atoms with E-state index in [1.54, 1.807) is 6.92 Å². The molecule has 1 aliphatic heterocycles. The fourth-order valence-corrected chi connectivity index (χ4v) is 4.27. The van der Waals surface area contributed by atoms with E-state index in [4.69, 9.17) is 0 Å². The highest BCUT2D eigenvalue weighted by molar-refractivity contribution is 5.96. The number of likely N-dealkylation sites (tertiary alicyclic amines) is 1. The van der Waals surface area contributed by atoms with Crippen molar-refractivity contribution in [2.24, 2.45) is 0 Å². The zero-order chi connectivity index (χ0) is 19.6. The van der Waals surface area contributed by atoms with Crippen molar-refractivity contribution < 1.29 is 18.0 Å². The Morgan fingerprint density at radius 1 is 1.07 bits per heavy atom. The molecule has 2 heterocycles. The SMILES string of the molecule is Cc1c(C(=O)NC2CCCCCC2)c(C(F)(F)F)nn1C1CCN(C)CC1. The van der Waals surface area contributed by atoms with E-state index in [9.17, 15) is 18.0 Å². The van der Waals surface area contributed by atoms with Crippen molar-refractivity contribution in [3.8, 4) is 0 Å². The van der Waals surface area contributed by atoms with Crippen molar-refractivity contribution in [3.63, 3.8) is 0 Å². The van der Waals surface area contributed by atoms with Crippen LogP contribution in [0.25, 0.3) is 0 Å². The lowest BCUT2D eigenvalue weighted by Crippen LogP contribution is -2.35. The third-order valence-electron chi connectivity index (χ3n) is 5.87. The van der Waals surface area contributed by atoms with E-state index < -0.39 is 17.8 Å². The number of carbonyl (C=O) groups is 1. The van der Waals surface area contributed by atoms with Crippen molar-refractivity contribution in [2.75, 3.05) is 20.1 Å². The summed E-state index contributed by atoms with van der Waals surface area (Å²) in [7, 11) is 2.00. The largest absolute Gasteiger partial charge is 0.435 e. The average molecular weight is 386 g/mol. The fourth-order valence-electron chi connectivity index (χ4n) is 4.27. The Hall–Kier alpha value is -1.57. The number of amides is 1. The normalized spacial score (nSPS) is 21.2. The van der Waals surface area contributed by atoms with Gasteiger partial charge in [-0.25, -0.2) is 0 Å². The second kappa shape index (κ2) is 8.20. The van der Waals surface area contributed by atoms with Crippen molar-refractivity contribution >= 4 is 5.91 Å². The van der Waals surface area contributed by atoms with Crippen LogP contribution in [0.1, 0.15) is 79.2 Å². The summed E-state index contributed by atoms with van der Waals surface area (Å²) in [5.74, 6) is -0.633. The molecule has 1 aromatic heterocycles. The van der Waals surface area contributed by atoms with E-state index in [2.05, 4.69) is 15.3 Å². The van der Waals surface area contributed by atoms with Crippen LogP contribution in [0, 0.1) is 6.92 Å². The zero-order valence-corrected chi connectivity index (χ0v) is 16.1. The number of piperidine rings is 1. The molecule has 0 bridgehead atoms. The maximum atomic E-state index is 13.6. The maximum Gasteiger partial charge on any atom is 0.435 e. The van der Waals surface area contributed by atoms with Gasteiger partial charge in [0.05, 0.1) is 11.6 Å². The molecule has 3 rings (SSSR count). The number of carbonyl (C=O) groups excluding carboxylic acids is 1. The van der Waals surface area contributed by atoms with Gasteiger partial charge in [-0.3, -0.25) is 9.48 Å². The van der Waals surface area contributed by atoms with Gasteiger partial charge in [-0.2, -0.15) is 18.3 Å². The first-order chi connectivity index (χ1) is 12.8. The Morgan fingerprint density at radius 2 is 1.67 bits per heavy atom. The molecule has 0 aromatic carbocycles. The summed E-state index contributed by atoms with van der Waals surface area (Å²) >= 11 is 0. The van der Waals surface area contributed by atoms with Gasteiger partial charge in [-0.1, -0.05) is 25.7 Å². The monoisotopic (exact) mass is 386 g/mol. The number of nitrogens with zero attached hydrogens (tertiary/aromatic N) is 3. The molecule has 2 fully saturated rings. The van der Waals surface area contributed by atoms with Gasteiger partial charge in [-0.05, 0) is 52.7 Å². The molecule has 0 atom stereocenters. The molecular formula is C19H29F3N4O. The smallest absolute Gasteiger partial charge is 0.349 e. The first-order valence-electron chi connectivity index (χ1n) is 9.93. The van der Waals surface area contributed by atoms with Gasteiger partial charge in [-0.15, -0.1) is 0 Å². The zero-order valence-electron chi connectivity index (χ0n) is 16.1. The van der Waals surface area contributed by atoms with Crippen LogP contribution in [0.15, 0.2) is 0 Å². The van der Waals surface area contributed by atoms with Crippen molar-refractivity contribution in [3.05, 3.63) is 17.0 Å². The summed E-state index contributed by atoms with van der Waals surface area (Å²) in [4.78, 5) is 14.9. The molecule has 0 spiro atoms. The molecule has 1 N–H and O–H groups in total. The molecule has 1 saturated heterocycles. The Labute approximate surface area is 158 Å². The standard InChI is InChI=1S/C19H29F3N4O/c1-13-16(18(27)23-14-7-5-3-4-6-8-14)17(19(20,21)22)24-26(13)15-9-11-25(2)12-10-15/h14-15H,3-12H2,1-2H3,(H,23,27). The molecule has 1 aliphatic carbocycles. The average Bonchev–Trinajstić information content (AvgIpc) is 2.77.